The van der Waals surface area contributed by atoms with E-state index >= 15 is 0 Å². The fraction of sp³-hybridized carbons (Fsp3) is 0.643. The monoisotopic (exact) mass is 265 g/mol. The number of nitrogens with one attached hydrogen (secondary N) is 1. The van der Waals surface area contributed by atoms with E-state index in [1.807, 2.05) is 12.1 Å². The number of ether oxygens (including phenoxy) is 2. The van der Waals surface area contributed by atoms with E-state index in [0.717, 1.165) is 19.4 Å². The number of anilines is 1. The Balaban J connectivity index is 1.99. The molecule has 2 unspecified atom stereocenters. The molecule has 0 aliphatic carbocycles. The number of nitrogens with two attached hydrogens (primary N) is 1. The number of aromatic nitrogens is 1. The van der Waals surface area contributed by atoms with Crippen molar-refractivity contribution >= 4 is 5.82 Å². The minimum absolute atomic E-state index is 0.106. The van der Waals surface area contributed by atoms with Crippen molar-refractivity contribution < 1.29 is 9.47 Å². The Kier molecular flexibility index (Phi) is 5.57. The van der Waals surface area contributed by atoms with Crippen LogP contribution in [0.25, 0.3) is 0 Å². The third-order valence-corrected chi connectivity index (χ3v) is 3.25. The lowest BCUT2D eigenvalue weighted by atomic mass is 10.0. The van der Waals surface area contributed by atoms with E-state index < -0.39 is 0 Å². The summed E-state index contributed by atoms with van der Waals surface area (Å²) in [5.41, 5.74) is 6.90. The first-order valence-electron chi connectivity index (χ1n) is 6.92. The van der Waals surface area contributed by atoms with Crippen LogP contribution in [0, 0.1) is 0 Å². The zero-order valence-corrected chi connectivity index (χ0v) is 11.5. The van der Waals surface area contributed by atoms with Crippen molar-refractivity contribution in [3.8, 4) is 0 Å². The second-order valence-electron chi connectivity index (χ2n) is 4.84. The molecule has 0 aromatic carbocycles. The Morgan fingerprint density at radius 1 is 1.53 bits per heavy atom. The molecule has 1 aromatic rings. The number of pyridine rings is 1. The third kappa shape index (κ3) is 4.45. The Hall–Kier alpha value is -1.17. The molecule has 1 fully saturated rings. The minimum Gasteiger partial charge on any atom is -0.384 e. The van der Waals surface area contributed by atoms with E-state index in [4.69, 9.17) is 15.2 Å². The molecule has 0 amide bonds. The molecule has 1 aromatic heterocycles. The van der Waals surface area contributed by atoms with E-state index in [2.05, 4.69) is 17.2 Å². The van der Waals surface area contributed by atoms with Gasteiger partial charge in [-0.2, -0.15) is 0 Å². The van der Waals surface area contributed by atoms with Crippen LogP contribution in [0.1, 0.15) is 18.9 Å². The predicted molar refractivity (Wildman–Crippen MR) is 75.0 cm³/mol. The predicted octanol–water partition coefficient (Wildman–Crippen LogP) is 0.990. The Labute approximate surface area is 114 Å². The van der Waals surface area contributed by atoms with Crippen LogP contribution in [0.3, 0.4) is 0 Å². The molecule has 106 valence electrons. The van der Waals surface area contributed by atoms with Crippen LogP contribution >= 0.6 is 0 Å². The molecule has 0 spiro atoms. The van der Waals surface area contributed by atoms with Gasteiger partial charge in [0.15, 0.2) is 0 Å². The summed E-state index contributed by atoms with van der Waals surface area (Å²) in [6.07, 6.45) is 3.83. The van der Waals surface area contributed by atoms with E-state index in [1.165, 1.54) is 5.56 Å². The number of hydrogen-bond donors (Lipinski definition) is 2. The Bertz CT molecular complexity index is 381. The van der Waals surface area contributed by atoms with Gasteiger partial charge >= 0.3 is 0 Å². The molecule has 19 heavy (non-hydrogen) atoms. The summed E-state index contributed by atoms with van der Waals surface area (Å²) >= 11 is 0. The number of nitrogen functional groups attached to an aromatic ring is 1. The highest BCUT2D eigenvalue weighted by Crippen LogP contribution is 2.13. The highest BCUT2D eigenvalue weighted by molar-refractivity contribution is 5.32. The lowest BCUT2D eigenvalue weighted by Crippen LogP contribution is -2.48. The second-order valence-corrected chi connectivity index (χ2v) is 4.84. The van der Waals surface area contributed by atoms with Gasteiger partial charge in [0.1, 0.15) is 5.82 Å². The smallest absolute Gasteiger partial charge is 0.123 e. The summed E-state index contributed by atoms with van der Waals surface area (Å²) in [5.74, 6) is 0.563. The van der Waals surface area contributed by atoms with E-state index in [-0.39, 0.29) is 12.1 Å². The fourth-order valence-corrected chi connectivity index (χ4v) is 2.28. The summed E-state index contributed by atoms with van der Waals surface area (Å²) in [7, 11) is 0. The molecule has 2 rings (SSSR count). The van der Waals surface area contributed by atoms with Gasteiger partial charge in [0.25, 0.3) is 0 Å². The van der Waals surface area contributed by atoms with Gasteiger partial charge in [0, 0.05) is 12.2 Å². The van der Waals surface area contributed by atoms with Crippen molar-refractivity contribution in [2.45, 2.75) is 31.9 Å². The van der Waals surface area contributed by atoms with E-state index in [9.17, 15) is 0 Å². The molecule has 2 heterocycles. The highest BCUT2D eigenvalue weighted by Gasteiger charge is 2.24. The van der Waals surface area contributed by atoms with E-state index in [0.29, 0.717) is 25.6 Å². The van der Waals surface area contributed by atoms with Gasteiger partial charge in [-0.1, -0.05) is 6.92 Å². The van der Waals surface area contributed by atoms with Crippen molar-refractivity contribution in [1.29, 1.82) is 0 Å². The zero-order chi connectivity index (χ0) is 13.5. The van der Waals surface area contributed by atoms with Gasteiger partial charge in [-0.25, -0.2) is 4.98 Å². The maximum absolute atomic E-state index is 5.81. The van der Waals surface area contributed by atoms with Crippen LogP contribution in [0.5, 0.6) is 0 Å². The third-order valence-electron chi connectivity index (χ3n) is 3.25. The summed E-state index contributed by atoms with van der Waals surface area (Å²) in [6, 6.07) is 4.17. The summed E-state index contributed by atoms with van der Waals surface area (Å²) in [5, 5.41) is 3.54. The van der Waals surface area contributed by atoms with E-state index in [1.54, 1.807) is 6.20 Å². The van der Waals surface area contributed by atoms with Crippen molar-refractivity contribution in [1.82, 2.24) is 10.3 Å². The maximum Gasteiger partial charge on any atom is 0.123 e. The first-order chi connectivity index (χ1) is 9.29. The largest absolute Gasteiger partial charge is 0.384 e. The molecule has 3 N–H and O–H groups in total. The molecule has 0 bridgehead atoms. The van der Waals surface area contributed by atoms with Crippen molar-refractivity contribution in [3.63, 3.8) is 0 Å². The van der Waals surface area contributed by atoms with Gasteiger partial charge in [-0.3, -0.25) is 0 Å². The first kappa shape index (κ1) is 14.2. The maximum atomic E-state index is 5.81. The molecule has 5 heteroatoms. The molecule has 0 saturated carbocycles. The van der Waals surface area contributed by atoms with Crippen molar-refractivity contribution in [3.05, 3.63) is 23.9 Å². The van der Waals surface area contributed by atoms with Crippen LogP contribution in [0.4, 0.5) is 5.82 Å². The SMILES string of the molecule is CCCNC(Cc1ccnc(N)c1)C1COCCO1. The van der Waals surface area contributed by atoms with Crippen LogP contribution in [-0.2, 0) is 15.9 Å². The topological polar surface area (TPSA) is 69.4 Å². The van der Waals surface area contributed by atoms with Crippen molar-refractivity contribution in [2.75, 3.05) is 32.1 Å². The second kappa shape index (κ2) is 7.43. The molecule has 2 atom stereocenters. The number of hydrogen-bond acceptors (Lipinski definition) is 5. The molecule has 1 saturated heterocycles. The number of rotatable bonds is 6. The lowest BCUT2D eigenvalue weighted by molar-refractivity contribution is -0.101. The number of nitrogens with zero attached hydrogens (tertiary/aromatic N) is 1. The van der Waals surface area contributed by atoms with Crippen LogP contribution in [0.15, 0.2) is 18.3 Å². The summed E-state index contributed by atoms with van der Waals surface area (Å²) < 4.78 is 11.3. The van der Waals surface area contributed by atoms with Gasteiger partial charge in [-0.15, -0.1) is 0 Å². The molecular weight excluding hydrogens is 242 g/mol. The Morgan fingerprint density at radius 3 is 3.11 bits per heavy atom. The summed E-state index contributed by atoms with van der Waals surface area (Å²) in [4.78, 5) is 4.02. The fourth-order valence-electron chi connectivity index (χ4n) is 2.28. The minimum atomic E-state index is 0.106. The van der Waals surface area contributed by atoms with Gasteiger partial charge < -0.3 is 20.5 Å². The van der Waals surface area contributed by atoms with Gasteiger partial charge in [0.2, 0.25) is 0 Å². The molecule has 1 aliphatic heterocycles. The molecule has 0 radical (unpaired) electrons. The van der Waals surface area contributed by atoms with Gasteiger partial charge in [0.05, 0.1) is 25.9 Å². The molecule has 1 aliphatic rings. The average Bonchev–Trinajstić information content (AvgIpc) is 2.44. The average molecular weight is 265 g/mol. The standard InChI is InChI=1S/C14H23N3O2/c1-2-4-16-12(13-10-18-6-7-19-13)8-11-3-5-17-14(15)9-11/h3,5,9,12-13,16H,2,4,6-8,10H2,1H3,(H2,15,17). The Morgan fingerprint density at radius 2 is 2.42 bits per heavy atom. The molecular formula is C14H23N3O2. The lowest BCUT2D eigenvalue weighted by Gasteiger charge is -2.31. The first-order valence-corrected chi connectivity index (χ1v) is 6.92. The van der Waals surface area contributed by atoms with Crippen LogP contribution < -0.4 is 11.1 Å². The van der Waals surface area contributed by atoms with Crippen molar-refractivity contribution in [2.24, 2.45) is 0 Å². The zero-order valence-electron chi connectivity index (χ0n) is 11.5. The van der Waals surface area contributed by atoms with Gasteiger partial charge in [-0.05, 0) is 37.1 Å². The normalized spacial score (nSPS) is 21.2. The highest BCUT2D eigenvalue weighted by atomic mass is 16.6. The summed E-state index contributed by atoms with van der Waals surface area (Å²) in [6.45, 7) is 5.16. The van der Waals surface area contributed by atoms with Crippen LogP contribution in [-0.4, -0.2) is 43.5 Å². The quantitative estimate of drug-likeness (QED) is 0.802. The molecule has 5 nitrogen and oxygen atoms in total. The van der Waals surface area contributed by atoms with Crippen LogP contribution in [0.2, 0.25) is 0 Å².